The minimum Gasteiger partial charge on any atom is -0.497 e. The fraction of sp³-hybridized carbons (Fsp3) is 0.350. The summed E-state index contributed by atoms with van der Waals surface area (Å²) < 4.78 is 10.6. The van der Waals surface area contributed by atoms with Gasteiger partial charge in [-0.05, 0) is 31.8 Å². The summed E-state index contributed by atoms with van der Waals surface area (Å²) in [6.07, 6.45) is 0. The maximum atomic E-state index is 12.9. The molecule has 140 valence electrons. The van der Waals surface area contributed by atoms with Gasteiger partial charge >= 0.3 is 6.03 Å². The van der Waals surface area contributed by atoms with Gasteiger partial charge in [-0.25, -0.2) is 4.79 Å². The third kappa shape index (κ3) is 5.67. The molecular formula is C20H27N3O3. The first kappa shape index (κ1) is 19.6. The highest BCUT2D eigenvalue weighted by Gasteiger charge is 2.16. The summed E-state index contributed by atoms with van der Waals surface area (Å²) in [6, 6.07) is 15.1. The van der Waals surface area contributed by atoms with E-state index in [2.05, 4.69) is 10.2 Å². The first-order chi connectivity index (χ1) is 12.5. The highest BCUT2D eigenvalue weighted by atomic mass is 16.5. The zero-order chi connectivity index (χ0) is 18.9. The molecule has 6 heteroatoms. The fourth-order valence-electron chi connectivity index (χ4n) is 2.47. The van der Waals surface area contributed by atoms with Gasteiger partial charge in [0.05, 0.1) is 19.9 Å². The fourth-order valence-corrected chi connectivity index (χ4v) is 2.47. The third-order valence-electron chi connectivity index (χ3n) is 3.97. The van der Waals surface area contributed by atoms with Crippen LogP contribution < -0.4 is 14.8 Å². The van der Waals surface area contributed by atoms with Gasteiger partial charge in [0, 0.05) is 25.7 Å². The van der Waals surface area contributed by atoms with Gasteiger partial charge in [-0.3, -0.25) is 0 Å². The molecule has 0 unspecified atom stereocenters. The van der Waals surface area contributed by atoms with Crippen LogP contribution in [0.5, 0.6) is 11.5 Å². The number of amides is 2. The van der Waals surface area contributed by atoms with Crippen LogP contribution >= 0.6 is 0 Å². The first-order valence-electron chi connectivity index (χ1n) is 8.50. The Labute approximate surface area is 155 Å². The molecule has 0 aliphatic carbocycles. The summed E-state index contributed by atoms with van der Waals surface area (Å²) in [5, 5.41) is 2.94. The molecular weight excluding hydrogens is 330 g/mol. The van der Waals surface area contributed by atoms with Gasteiger partial charge in [0.2, 0.25) is 0 Å². The van der Waals surface area contributed by atoms with Gasteiger partial charge in [-0.2, -0.15) is 0 Å². The molecule has 0 spiro atoms. The normalized spacial score (nSPS) is 10.5. The van der Waals surface area contributed by atoms with E-state index in [4.69, 9.17) is 9.47 Å². The highest BCUT2D eigenvalue weighted by molar-refractivity contribution is 5.91. The molecule has 2 aromatic carbocycles. The van der Waals surface area contributed by atoms with Crippen molar-refractivity contribution in [3.8, 4) is 11.5 Å². The lowest BCUT2D eigenvalue weighted by molar-refractivity contribution is 0.202. The molecule has 0 atom stereocenters. The van der Waals surface area contributed by atoms with Crippen LogP contribution in [0.25, 0.3) is 0 Å². The molecule has 0 fully saturated rings. The second-order valence-electron chi connectivity index (χ2n) is 6.21. The zero-order valence-electron chi connectivity index (χ0n) is 15.9. The van der Waals surface area contributed by atoms with Crippen LogP contribution in [0.3, 0.4) is 0 Å². The van der Waals surface area contributed by atoms with Crippen molar-refractivity contribution < 1.29 is 14.3 Å². The molecule has 2 amide bonds. The Bertz CT molecular complexity index is 705. The number of hydrogen-bond donors (Lipinski definition) is 1. The van der Waals surface area contributed by atoms with Gasteiger partial charge in [-0.1, -0.05) is 30.3 Å². The Morgan fingerprint density at radius 2 is 1.73 bits per heavy atom. The first-order valence-corrected chi connectivity index (χ1v) is 8.50. The molecule has 0 heterocycles. The minimum absolute atomic E-state index is 0.167. The Hall–Kier alpha value is -2.73. The Balaban J connectivity index is 2.14. The average molecular weight is 357 g/mol. The van der Waals surface area contributed by atoms with Crippen LogP contribution in [-0.4, -0.2) is 57.2 Å². The van der Waals surface area contributed by atoms with E-state index in [0.29, 0.717) is 30.3 Å². The number of ether oxygens (including phenoxy) is 2. The lowest BCUT2D eigenvalue weighted by atomic mass is 10.2. The average Bonchev–Trinajstić information content (AvgIpc) is 2.66. The second-order valence-corrected chi connectivity index (χ2v) is 6.21. The van der Waals surface area contributed by atoms with Crippen molar-refractivity contribution in [2.45, 2.75) is 6.54 Å². The predicted molar refractivity (Wildman–Crippen MR) is 104 cm³/mol. The lowest BCUT2D eigenvalue weighted by Crippen LogP contribution is -2.39. The topological polar surface area (TPSA) is 54.0 Å². The van der Waals surface area contributed by atoms with Crippen LogP contribution in [0, 0.1) is 0 Å². The van der Waals surface area contributed by atoms with Gasteiger partial charge in [-0.15, -0.1) is 0 Å². The summed E-state index contributed by atoms with van der Waals surface area (Å²) in [4.78, 5) is 16.7. The van der Waals surface area contributed by atoms with Crippen molar-refractivity contribution in [3.05, 3.63) is 54.1 Å². The van der Waals surface area contributed by atoms with Crippen molar-refractivity contribution >= 4 is 11.7 Å². The molecule has 1 N–H and O–H groups in total. The van der Waals surface area contributed by atoms with E-state index in [0.717, 1.165) is 12.1 Å². The van der Waals surface area contributed by atoms with Crippen LogP contribution in [0.15, 0.2) is 48.5 Å². The van der Waals surface area contributed by atoms with Crippen LogP contribution in [-0.2, 0) is 6.54 Å². The van der Waals surface area contributed by atoms with Crippen molar-refractivity contribution in [1.29, 1.82) is 0 Å². The molecule has 0 saturated heterocycles. The number of urea groups is 1. The van der Waals surface area contributed by atoms with E-state index in [1.165, 1.54) is 0 Å². The van der Waals surface area contributed by atoms with Crippen molar-refractivity contribution in [2.75, 3.05) is 46.7 Å². The number of likely N-dealkylation sites (N-methyl/N-ethyl adjacent to an activating group) is 1. The van der Waals surface area contributed by atoms with Gasteiger partial charge in [0.25, 0.3) is 0 Å². The highest BCUT2D eigenvalue weighted by Crippen LogP contribution is 2.29. The van der Waals surface area contributed by atoms with Crippen molar-refractivity contribution in [1.82, 2.24) is 9.80 Å². The van der Waals surface area contributed by atoms with E-state index >= 15 is 0 Å². The number of methoxy groups -OCH3 is 2. The maximum absolute atomic E-state index is 12.9. The molecule has 26 heavy (non-hydrogen) atoms. The quantitative estimate of drug-likeness (QED) is 0.788. The van der Waals surface area contributed by atoms with E-state index in [9.17, 15) is 4.79 Å². The summed E-state index contributed by atoms with van der Waals surface area (Å²) >= 11 is 0. The Morgan fingerprint density at radius 3 is 2.35 bits per heavy atom. The summed E-state index contributed by atoms with van der Waals surface area (Å²) in [6.45, 7) is 1.94. The predicted octanol–water partition coefficient (Wildman–Crippen LogP) is 3.30. The Morgan fingerprint density at radius 1 is 1.00 bits per heavy atom. The van der Waals surface area contributed by atoms with Crippen LogP contribution in [0.2, 0.25) is 0 Å². The number of carbonyl (C=O) groups is 1. The Kier molecular flexibility index (Phi) is 7.29. The minimum atomic E-state index is -0.167. The lowest BCUT2D eigenvalue weighted by Gasteiger charge is -2.25. The standard InChI is InChI=1S/C20H27N3O3/c1-22(2)12-13-23(15-16-8-6-5-7-9-16)20(24)21-18-11-10-17(25-3)14-19(18)26-4/h5-11,14H,12-13,15H2,1-4H3,(H,21,24). The van der Waals surface area contributed by atoms with Crippen LogP contribution in [0.4, 0.5) is 10.5 Å². The number of nitrogens with zero attached hydrogens (tertiary/aromatic N) is 2. The van der Waals surface area contributed by atoms with Crippen molar-refractivity contribution in [3.63, 3.8) is 0 Å². The SMILES string of the molecule is COc1ccc(NC(=O)N(CCN(C)C)Cc2ccccc2)c(OC)c1. The van der Waals surface area contributed by atoms with Crippen LogP contribution in [0.1, 0.15) is 5.56 Å². The molecule has 0 aliphatic heterocycles. The smallest absolute Gasteiger partial charge is 0.322 e. The monoisotopic (exact) mass is 357 g/mol. The third-order valence-corrected chi connectivity index (χ3v) is 3.97. The van der Waals surface area contributed by atoms with Gasteiger partial charge < -0.3 is 24.6 Å². The van der Waals surface area contributed by atoms with E-state index in [1.807, 2.05) is 44.4 Å². The number of hydrogen-bond acceptors (Lipinski definition) is 4. The molecule has 2 aromatic rings. The summed E-state index contributed by atoms with van der Waals surface area (Å²) in [5.41, 5.74) is 1.70. The maximum Gasteiger partial charge on any atom is 0.322 e. The van der Waals surface area contributed by atoms with Gasteiger partial charge in [0.1, 0.15) is 11.5 Å². The molecule has 0 radical (unpaired) electrons. The van der Waals surface area contributed by atoms with E-state index in [-0.39, 0.29) is 6.03 Å². The molecule has 2 rings (SSSR count). The number of anilines is 1. The summed E-state index contributed by atoms with van der Waals surface area (Å²) in [5.74, 6) is 1.23. The summed E-state index contributed by atoms with van der Waals surface area (Å²) in [7, 11) is 7.14. The molecule has 6 nitrogen and oxygen atoms in total. The van der Waals surface area contributed by atoms with Crippen molar-refractivity contribution in [2.24, 2.45) is 0 Å². The molecule has 0 aromatic heterocycles. The van der Waals surface area contributed by atoms with E-state index in [1.54, 1.807) is 37.3 Å². The second kappa shape index (κ2) is 9.68. The molecule has 0 bridgehead atoms. The number of benzene rings is 2. The number of nitrogens with one attached hydrogen (secondary N) is 1. The largest absolute Gasteiger partial charge is 0.497 e. The van der Waals surface area contributed by atoms with Gasteiger partial charge in [0.15, 0.2) is 0 Å². The zero-order valence-corrected chi connectivity index (χ0v) is 15.9. The molecule has 0 aliphatic rings. The number of rotatable bonds is 8. The molecule has 0 saturated carbocycles. The van der Waals surface area contributed by atoms with E-state index < -0.39 is 0 Å². The number of carbonyl (C=O) groups excluding carboxylic acids is 1.